The zero-order valence-corrected chi connectivity index (χ0v) is 9.78. The normalized spacial score (nSPS) is 9.62. The van der Waals surface area contributed by atoms with E-state index in [1.807, 2.05) is 0 Å². The Labute approximate surface area is 95.4 Å². The number of hydrogen-bond donors (Lipinski definition) is 0. The molecule has 0 aromatic heterocycles. The molecule has 0 spiro atoms. The minimum Gasteiger partial charge on any atom is -0.463 e. The number of carbonyl (C=O) groups excluding carboxylic acids is 2. The van der Waals surface area contributed by atoms with E-state index < -0.39 is 11.9 Å². The van der Waals surface area contributed by atoms with E-state index in [2.05, 4.69) is 11.3 Å². The maximum absolute atomic E-state index is 11.0. The molecule has 0 atom stereocenters. The van der Waals surface area contributed by atoms with Crippen LogP contribution in [0, 0.1) is 0 Å². The third kappa shape index (κ3) is 7.99. The van der Waals surface area contributed by atoms with Gasteiger partial charge in [0.25, 0.3) is 0 Å². The highest BCUT2D eigenvalue weighted by atomic mass is 16.6. The van der Waals surface area contributed by atoms with E-state index in [-0.39, 0.29) is 12.2 Å². The van der Waals surface area contributed by atoms with Gasteiger partial charge in [-0.05, 0) is 19.8 Å². The molecule has 0 fully saturated rings. The van der Waals surface area contributed by atoms with Crippen LogP contribution in [-0.2, 0) is 23.8 Å². The summed E-state index contributed by atoms with van der Waals surface area (Å²) in [4.78, 5) is 22.0. The van der Waals surface area contributed by atoms with Gasteiger partial charge in [-0.1, -0.05) is 6.58 Å². The molecule has 0 aliphatic heterocycles. The lowest BCUT2D eigenvalue weighted by Crippen LogP contribution is -2.17. The van der Waals surface area contributed by atoms with Gasteiger partial charge in [-0.15, -0.1) is 0 Å². The third-order valence-electron chi connectivity index (χ3n) is 1.68. The van der Waals surface area contributed by atoms with Gasteiger partial charge in [-0.2, -0.15) is 0 Å². The molecule has 0 saturated heterocycles. The van der Waals surface area contributed by atoms with Gasteiger partial charge in [0.2, 0.25) is 0 Å². The number of methoxy groups -OCH3 is 1. The first-order valence-corrected chi connectivity index (χ1v) is 5.05. The van der Waals surface area contributed by atoms with Crippen LogP contribution in [-0.4, -0.2) is 38.9 Å². The first kappa shape index (κ1) is 14.6. The molecule has 0 aromatic carbocycles. The summed E-state index contributed by atoms with van der Waals surface area (Å²) >= 11 is 0. The molecule has 0 bridgehead atoms. The first-order chi connectivity index (χ1) is 7.57. The number of ether oxygens (including phenoxy) is 3. The van der Waals surface area contributed by atoms with E-state index in [1.165, 1.54) is 6.92 Å². The van der Waals surface area contributed by atoms with Crippen LogP contribution in [0.15, 0.2) is 12.2 Å². The summed E-state index contributed by atoms with van der Waals surface area (Å²) < 4.78 is 14.3. The second kappa shape index (κ2) is 8.91. The maximum Gasteiger partial charge on any atom is 0.344 e. The van der Waals surface area contributed by atoms with Gasteiger partial charge in [0.1, 0.15) is 0 Å². The number of unbranched alkanes of at least 4 members (excludes halogenated alkanes) is 1. The second-order valence-corrected chi connectivity index (χ2v) is 3.28. The van der Waals surface area contributed by atoms with Gasteiger partial charge >= 0.3 is 11.9 Å². The van der Waals surface area contributed by atoms with Crippen molar-refractivity contribution in [3.63, 3.8) is 0 Å². The molecule has 0 amide bonds. The van der Waals surface area contributed by atoms with Crippen molar-refractivity contribution in [1.29, 1.82) is 0 Å². The first-order valence-electron chi connectivity index (χ1n) is 5.05. The molecule has 0 aromatic rings. The summed E-state index contributed by atoms with van der Waals surface area (Å²) in [5, 5.41) is 0. The average Bonchev–Trinajstić information content (AvgIpc) is 2.25. The van der Waals surface area contributed by atoms with Crippen LogP contribution in [0.5, 0.6) is 0 Å². The largest absolute Gasteiger partial charge is 0.463 e. The molecule has 0 rings (SSSR count). The molecule has 5 heteroatoms. The summed E-state index contributed by atoms with van der Waals surface area (Å²) in [6, 6.07) is 0. The topological polar surface area (TPSA) is 61.8 Å². The van der Waals surface area contributed by atoms with Crippen LogP contribution in [0.2, 0.25) is 0 Å². The molecular weight excluding hydrogens is 212 g/mol. The minimum absolute atomic E-state index is 0.257. The van der Waals surface area contributed by atoms with Crippen LogP contribution in [0.25, 0.3) is 0 Å². The molecule has 92 valence electrons. The Hall–Kier alpha value is -1.36. The predicted octanol–water partition coefficient (Wildman–Crippen LogP) is 1.08. The Morgan fingerprint density at radius 1 is 1.12 bits per heavy atom. The molecule has 0 radical (unpaired) electrons. The average molecular weight is 230 g/mol. The monoisotopic (exact) mass is 230 g/mol. The van der Waals surface area contributed by atoms with E-state index in [9.17, 15) is 9.59 Å². The lowest BCUT2D eigenvalue weighted by Gasteiger charge is -2.05. The summed E-state index contributed by atoms with van der Waals surface area (Å²) in [6.45, 7) is 5.49. The van der Waals surface area contributed by atoms with Gasteiger partial charge in [0.05, 0.1) is 6.61 Å². The van der Waals surface area contributed by atoms with Crippen LogP contribution < -0.4 is 0 Å². The zero-order valence-electron chi connectivity index (χ0n) is 9.78. The number of hydrogen-bond acceptors (Lipinski definition) is 5. The van der Waals surface area contributed by atoms with Crippen molar-refractivity contribution in [1.82, 2.24) is 0 Å². The van der Waals surface area contributed by atoms with Gasteiger partial charge < -0.3 is 14.2 Å². The molecule has 0 N–H and O–H groups in total. The summed E-state index contributed by atoms with van der Waals surface area (Å²) in [7, 11) is 1.61. The van der Waals surface area contributed by atoms with Gasteiger partial charge in [0.15, 0.2) is 6.61 Å². The third-order valence-corrected chi connectivity index (χ3v) is 1.68. The fourth-order valence-corrected chi connectivity index (χ4v) is 0.824. The smallest absolute Gasteiger partial charge is 0.344 e. The van der Waals surface area contributed by atoms with Crippen LogP contribution in [0.1, 0.15) is 19.8 Å². The molecule has 0 unspecified atom stereocenters. The fourth-order valence-electron chi connectivity index (χ4n) is 0.824. The van der Waals surface area contributed by atoms with Gasteiger partial charge in [-0.3, -0.25) is 0 Å². The Balaban J connectivity index is 3.45. The molecule has 0 saturated carbocycles. The highest BCUT2D eigenvalue weighted by Crippen LogP contribution is 1.94. The van der Waals surface area contributed by atoms with Crippen molar-refractivity contribution < 1.29 is 23.8 Å². The molecule has 0 aliphatic carbocycles. The minimum atomic E-state index is -0.587. The van der Waals surface area contributed by atoms with Crippen molar-refractivity contribution in [3.8, 4) is 0 Å². The Kier molecular flexibility index (Phi) is 8.15. The SMILES string of the molecule is C=C(C)C(=O)OCC(=O)OCCCCOC. The van der Waals surface area contributed by atoms with E-state index in [4.69, 9.17) is 9.47 Å². The van der Waals surface area contributed by atoms with Crippen molar-refractivity contribution in [3.05, 3.63) is 12.2 Å². The quantitative estimate of drug-likeness (QED) is 0.354. The summed E-state index contributed by atoms with van der Waals surface area (Å²) in [5.74, 6) is -1.14. The summed E-state index contributed by atoms with van der Waals surface area (Å²) in [6.07, 6.45) is 1.56. The summed E-state index contributed by atoms with van der Waals surface area (Å²) in [5.41, 5.74) is 0.257. The lowest BCUT2D eigenvalue weighted by molar-refractivity contribution is -0.156. The molecule has 0 heterocycles. The highest BCUT2D eigenvalue weighted by molar-refractivity contribution is 5.88. The molecule has 5 nitrogen and oxygen atoms in total. The van der Waals surface area contributed by atoms with Gasteiger partial charge in [0, 0.05) is 19.3 Å². The standard InChI is InChI=1S/C11H18O5/c1-9(2)11(13)16-8-10(12)15-7-5-4-6-14-3/h1,4-8H2,2-3H3. The fraction of sp³-hybridized carbons (Fsp3) is 0.636. The van der Waals surface area contributed by atoms with Crippen LogP contribution in [0.4, 0.5) is 0 Å². The Morgan fingerprint density at radius 2 is 1.75 bits per heavy atom. The number of rotatable bonds is 8. The second-order valence-electron chi connectivity index (χ2n) is 3.28. The Morgan fingerprint density at radius 3 is 2.31 bits per heavy atom. The van der Waals surface area contributed by atoms with E-state index in [1.54, 1.807) is 7.11 Å². The molecular formula is C11H18O5. The molecule has 0 aliphatic rings. The van der Waals surface area contributed by atoms with Crippen LogP contribution in [0.3, 0.4) is 0 Å². The van der Waals surface area contributed by atoms with E-state index in [0.29, 0.717) is 13.2 Å². The van der Waals surface area contributed by atoms with E-state index >= 15 is 0 Å². The van der Waals surface area contributed by atoms with Crippen LogP contribution >= 0.6 is 0 Å². The number of esters is 2. The van der Waals surface area contributed by atoms with E-state index in [0.717, 1.165) is 12.8 Å². The lowest BCUT2D eigenvalue weighted by atomic mass is 10.3. The van der Waals surface area contributed by atoms with Gasteiger partial charge in [-0.25, -0.2) is 9.59 Å². The highest BCUT2D eigenvalue weighted by Gasteiger charge is 2.08. The maximum atomic E-state index is 11.0. The van der Waals surface area contributed by atoms with Crippen molar-refractivity contribution >= 4 is 11.9 Å². The Bertz CT molecular complexity index is 247. The zero-order chi connectivity index (χ0) is 12.4. The van der Waals surface area contributed by atoms with Crippen molar-refractivity contribution in [2.45, 2.75) is 19.8 Å². The number of carbonyl (C=O) groups is 2. The van der Waals surface area contributed by atoms with Crippen molar-refractivity contribution in [2.24, 2.45) is 0 Å². The van der Waals surface area contributed by atoms with Crippen molar-refractivity contribution in [2.75, 3.05) is 26.9 Å². The molecule has 16 heavy (non-hydrogen) atoms. The predicted molar refractivity (Wildman–Crippen MR) is 57.8 cm³/mol.